The van der Waals surface area contributed by atoms with Crippen molar-refractivity contribution in [2.45, 2.75) is 20.4 Å². The van der Waals surface area contributed by atoms with Crippen LogP contribution < -0.4 is 10.6 Å². The van der Waals surface area contributed by atoms with Gasteiger partial charge >= 0.3 is 6.03 Å². The Labute approximate surface area is 164 Å². The maximum absolute atomic E-state index is 14.9. The van der Waals surface area contributed by atoms with Crippen molar-refractivity contribution in [2.75, 3.05) is 36.8 Å². The van der Waals surface area contributed by atoms with E-state index in [-0.39, 0.29) is 11.6 Å². The van der Waals surface area contributed by atoms with Gasteiger partial charge in [0.25, 0.3) is 0 Å². The highest BCUT2D eigenvalue weighted by molar-refractivity contribution is 5.99. The van der Waals surface area contributed by atoms with Crippen molar-refractivity contribution in [3.63, 3.8) is 0 Å². The highest BCUT2D eigenvalue weighted by atomic mass is 19.1. The third kappa shape index (κ3) is 5.07. The van der Waals surface area contributed by atoms with E-state index in [1.165, 1.54) is 0 Å². The summed E-state index contributed by atoms with van der Waals surface area (Å²) in [6, 6.07) is 11.9. The van der Waals surface area contributed by atoms with Crippen LogP contribution in [0.5, 0.6) is 0 Å². The predicted octanol–water partition coefficient (Wildman–Crippen LogP) is 3.44. The third-order valence-corrected chi connectivity index (χ3v) is 4.85. The summed E-state index contributed by atoms with van der Waals surface area (Å²) >= 11 is 0. The number of anilines is 2. The molecule has 2 N–H and O–H groups in total. The number of rotatable bonds is 4. The number of nitrogens with one attached hydrogen (secondary N) is 2. The lowest BCUT2D eigenvalue weighted by Gasteiger charge is -2.34. The SMILES string of the molecule is CC(=O)N1CCN(Cc2cccc(NC(=O)Nc3ccc(C)cc3)c2F)CC1. The lowest BCUT2D eigenvalue weighted by molar-refractivity contribution is -0.130. The maximum atomic E-state index is 14.9. The number of carbonyl (C=O) groups is 2. The first-order chi connectivity index (χ1) is 13.4. The molecule has 0 saturated carbocycles. The Morgan fingerprint density at radius 1 is 1.00 bits per heavy atom. The van der Waals surface area contributed by atoms with Gasteiger partial charge in [0, 0.05) is 50.9 Å². The van der Waals surface area contributed by atoms with E-state index in [1.807, 2.05) is 19.1 Å². The second kappa shape index (κ2) is 8.84. The molecule has 1 aliphatic heterocycles. The number of benzene rings is 2. The number of aryl methyl sites for hydroxylation is 1. The largest absolute Gasteiger partial charge is 0.340 e. The van der Waals surface area contributed by atoms with E-state index in [0.29, 0.717) is 44.0 Å². The Morgan fingerprint density at radius 2 is 1.68 bits per heavy atom. The van der Waals surface area contributed by atoms with E-state index in [2.05, 4.69) is 15.5 Å². The topological polar surface area (TPSA) is 64.7 Å². The fourth-order valence-corrected chi connectivity index (χ4v) is 3.18. The molecule has 0 aromatic heterocycles. The van der Waals surface area contributed by atoms with Crippen LogP contribution in [0.25, 0.3) is 0 Å². The Morgan fingerprint density at radius 3 is 2.32 bits per heavy atom. The van der Waals surface area contributed by atoms with E-state index in [0.717, 1.165) is 5.56 Å². The summed E-state index contributed by atoms with van der Waals surface area (Å²) in [6.45, 7) is 6.65. The lowest BCUT2D eigenvalue weighted by atomic mass is 10.1. The van der Waals surface area contributed by atoms with Crippen LogP contribution in [0.4, 0.5) is 20.6 Å². The number of urea groups is 1. The summed E-state index contributed by atoms with van der Waals surface area (Å²) in [4.78, 5) is 27.5. The maximum Gasteiger partial charge on any atom is 0.323 e. The number of halogens is 1. The zero-order valence-electron chi connectivity index (χ0n) is 16.2. The van der Waals surface area contributed by atoms with Crippen molar-refractivity contribution in [1.82, 2.24) is 9.80 Å². The van der Waals surface area contributed by atoms with Crippen molar-refractivity contribution in [3.05, 3.63) is 59.4 Å². The van der Waals surface area contributed by atoms with E-state index < -0.39 is 11.8 Å². The number of amides is 3. The van der Waals surface area contributed by atoms with Crippen LogP contribution in [0.2, 0.25) is 0 Å². The van der Waals surface area contributed by atoms with Gasteiger partial charge in [0.2, 0.25) is 5.91 Å². The molecule has 0 radical (unpaired) electrons. The number of piperazine rings is 1. The summed E-state index contributed by atoms with van der Waals surface area (Å²) < 4.78 is 14.9. The second-order valence-corrected chi connectivity index (χ2v) is 7.01. The average Bonchev–Trinajstić information content (AvgIpc) is 2.67. The Hall–Kier alpha value is -2.93. The summed E-state index contributed by atoms with van der Waals surface area (Å²) in [5.41, 5.74) is 2.39. The molecule has 148 valence electrons. The standard InChI is InChI=1S/C21H25FN4O2/c1-15-6-8-18(9-7-15)23-21(28)24-19-5-3-4-17(20(19)22)14-25-10-12-26(13-11-25)16(2)27/h3-9H,10-14H2,1-2H3,(H2,23,24,28). The smallest absolute Gasteiger partial charge is 0.323 e. The van der Waals surface area contributed by atoms with Crippen LogP contribution in [0, 0.1) is 12.7 Å². The molecule has 28 heavy (non-hydrogen) atoms. The van der Waals surface area contributed by atoms with Gasteiger partial charge in [-0.05, 0) is 25.1 Å². The first-order valence-corrected chi connectivity index (χ1v) is 9.32. The van der Waals surface area contributed by atoms with E-state index in [1.54, 1.807) is 42.2 Å². The van der Waals surface area contributed by atoms with Crippen molar-refractivity contribution < 1.29 is 14.0 Å². The summed E-state index contributed by atoms with van der Waals surface area (Å²) in [5.74, 6) is -0.368. The van der Waals surface area contributed by atoms with Crippen molar-refractivity contribution in [2.24, 2.45) is 0 Å². The molecule has 0 spiro atoms. The van der Waals surface area contributed by atoms with E-state index in [9.17, 15) is 14.0 Å². The van der Waals surface area contributed by atoms with Crippen LogP contribution in [0.15, 0.2) is 42.5 Å². The van der Waals surface area contributed by atoms with Crippen molar-refractivity contribution in [3.8, 4) is 0 Å². The van der Waals surface area contributed by atoms with E-state index >= 15 is 0 Å². The summed E-state index contributed by atoms with van der Waals surface area (Å²) in [6.07, 6.45) is 0. The average molecular weight is 384 g/mol. The van der Waals surface area contributed by atoms with Gasteiger partial charge in [-0.25, -0.2) is 9.18 Å². The normalized spacial score (nSPS) is 14.6. The Kier molecular flexibility index (Phi) is 6.26. The fourth-order valence-electron chi connectivity index (χ4n) is 3.18. The van der Waals surface area contributed by atoms with Crippen LogP contribution in [0.3, 0.4) is 0 Å². The predicted molar refractivity (Wildman–Crippen MR) is 108 cm³/mol. The second-order valence-electron chi connectivity index (χ2n) is 7.01. The fraction of sp³-hybridized carbons (Fsp3) is 0.333. The molecular weight excluding hydrogens is 359 g/mol. The molecule has 1 aliphatic rings. The van der Waals surface area contributed by atoms with Crippen LogP contribution in [-0.2, 0) is 11.3 Å². The molecule has 0 atom stereocenters. The Bertz CT molecular complexity index is 846. The van der Waals surface area contributed by atoms with Gasteiger partial charge < -0.3 is 15.5 Å². The first kappa shape index (κ1) is 19.8. The van der Waals surface area contributed by atoms with Gasteiger partial charge in [-0.15, -0.1) is 0 Å². The lowest BCUT2D eigenvalue weighted by Crippen LogP contribution is -2.47. The molecule has 1 heterocycles. The van der Waals surface area contributed by atoms with Gasteiger partial charge in [0.15, 0.2) is 5.82 Å². The molecule has 0 unspecified atom stereocenters. The summed E-state index contributed by atoms with van der Waals surface area (Å²) in [5, 5.41) is 5.27. The molecule has 0 bridgehead atoms. The van der Waals surface area contributed by atoms with Gasteiger partial charge in [0.1, 0.15) is 0 Å². The zero-order valence-corrected chi connectivity index (χ0v) is 16.2. The minimum absolute atomic E-state index is 0.0663. The quantitative estimate of drug-likeness (QED) is 0.849. The third-order valence-electron chi connectivity index (χ3n) is 4.85. The number of carbonyl (C=O) groups excluding carboxylic acids is 2. The Balaban J connectivity index is 1.60. The molecule has 6 nitrogen and oxygen atoms in total. The minimum atomic E-state index is -0.491. The van der Waals surface area contributed by atoms with Crippen LogP contribution >= 0.6 is 0 Å². The monoisotopic (exact) mass is 384 g/mol. The molecule has 2 aromatic carbocycles. The molecule has 7 heteroatoms. The van der Waals surface area contributed by atoms with Gasteiger partial charge in [0.05, 0.1) is 5.69 Å². The van der Waals surface area contributed by atoms with Crippen LogP contribution in [0.1, 0.15) is 18.1 Å². The van der Waals surface area contributed by atoms with Crippen molar-refractivity contribution >= 4 is 23.3 Å². The molecule has 1 fully saturated rings. The minimum Gasteiger partial charge on any atom is -0.340 e. The molecular formula is C21H25FN4O2. The highest BCUT2D eigenvalue weighted by Crippen LogP contribution is 2.21. The highest BCUT2D eigenvalue weighted by Gasteiger charge is 2.20. The summed E-state index contributed by atoms with van der Waals surface area (Å²) in [7, 11) is 0. The molecule has 3 amide bonds. The first-order valence-electron chi connectivity index (χ1n) is 9.32. The van der Waals surface area contributed by atoms with Gasteiger partial charge in [-0.1, -0.05) is 29.8 Å². The molecule has 3 rings (SSSR count). The van der Waals surface area contributed by atoms with E-state index in [4.69, 9.17) is 0 Å². The number of nitrogens with zero attached hydrogens (tertiary/aromatic N) is 2. The van der Waals surface area contributed by atoms with Crippen molar-refractivity contribution in [1.29, 1.82) is 0 Å². The van der Waals surface area contributed by atoms with Gasteiger partial charge in [-0.3, -0.25) is 9.69 Å². The molecule has 2 aromatic rings. The van der Waals surface area contributed by atoms with Gasteiger partial charge in [-0.2, -0.15) is 0 Å². The molecule has 1 saturated heterocycles. The number of hydrogen-bond donors (Lipinski definition) is 2. The number of hydrogen-bond acceptors (Lipinski definition) is 3. The molecule has 0 aliphatic carbocycles. The van der Waals surface area contributed by atoms with Crippen LogP contribution in [-0.4, -0.2) is 47.9 Å². The zero-order chi connectivity index (χ0) is 20.1.